The number of hydrogen-bond acceptors (Lipinski definition) is 2. The quantitative estimate of drug-likeness (QED) is 0.330. The topological polar surface area (TPSA) is 44.0 Å². The minimum atomic E-state index is 0.715. The van der Waals surface area contributed by atoms with Crippen molar-refractivity contribution in [3.05, 3.63) is 100 Å². The SMILES string of the molecule is Cc1[nH]c2ccc(Cl)cc2c1CCN(Cc1cccnc1)C(=S)NCCc1ccccc1. The minimum absolute atomic E-state index is 0.715. The molecule has 32 heavy (non-hydrogen) atoms. The first-order valence-corrected chi connectivity index (χ1v) is 11.6. The summed E-state index contributed by atoms with van der Waals surface area (Å²) in [5, 5.41) is 6.15. The Morgan fingerprint density at radius 2 is 1.88 bits per heavy atom. The van der Waals surface area contributed by atoms with Crippen LogP contribution in [-0.2, 0) is 19.4 Å². The Hall–Kier alpha value is -2.89. The van der Waals surface area contributed by atoms with Crippen molar-refractivity contribution in [3.8, 4) is 0 Å². The van der Waals surface area contributed by atoms with Crippen molar-refractivity contribution in [1.29, 1.82) is 0 Å². The number of halogens is 1. The Kier molecular flexibility index (Phi) is 7.40. The molecule has 4 aromatic rings. The molecule has 6 heteroatoms. The van der Waals surface area contributed by atoms with E-state index >= 15 is 0 Å². The predicted octanol–water partition coefficient (Wildman–Crippen LogP) is 5.69. The summed E-state index contributed by atoms with van der Waals surface area (Å²) >= 11 is 12.1. The maximum absolute atomic E-state index is 6.27. The third-order valence-electron chi connectivity index (χ3n) is 5.63. The summed E-state index contributed by atoms with van der Waals surface area (Å²) < 4.78 is 0. The van der Waals surface area contributed by atoms with Gasteiger partial charge in [0.05, 0.1) is 0 Å². The van der Waals surface area contributed by atoms with E-state index in [1.165, 1.54) is 22.2 Å². The molecule has 0 radical (unpaired) electrons. The number of rotatable bonds is 8. The van der Waals surface area contributed by atoms with Gasteiger partial charge in [0.15, 0.2) is 5.11 Å². The van der Waals surface area contributed by atoms with Crippen LogP contribution >= 0.6 is 23.8 Å². The number of aryl methyl sites for hydroxylation is 1. The predicted molar refractivity (Wildman–Crippen MR) is 137 cm³/mol. The second-order valence-corrected chi connectivity index (χ2v) is 8.74. The highest BCUT2D eigenvalue weighted by Crippen LogP contribution is 2.26. The van der Waals surface area contributed by atoms with Crippen LogP contribution in [0.2, 0.25) is 5.02 Å². The highest BCUT2D eigenvalue weighted by molar-refractivity contribution is 7.80. The lowest BCUT2D eigenvalue weighted by Crippen LogP contribution is -2.41. The van der Waals surface area contributed by atoms with E-state index in [0.717, 1.165) is 47.1 Å². The number of aromatic nitrogens is 2. The van der Waals surface area contributed by atoms with E-state index in [4.69, 9.17) is 23.8 Å². The molecule has 2 aromatic carbocycles. The Bertz CT molecular complexity index is 1170. The van der Waals surface area contributed by atoms with Gasteiger partial charge in [-0.1, -0.05) is 48.0 Å². The summed E-state index contributed by atoms with van der Waals surface area (Å²) in [4.78, 5) is 9.96. The summed E-state index contributed by atoms with van der Waals surface area (Å²) in [6, 6.07) is 20.5. The van der Waals surface area contributed by atoms with E-state index < -0.39 is 0 Å². The Balaban J connectivity index is 1.46. The van der Waals surface area contributed by atoms with Crippen LogP contribution in [0.3, 0.4) is 0 Å². The first kappa shape index (κ1) is 22.3. The lowest BCUT2D eigenvalue weighted by Gasteiger charge is -2.26. The highest BCUT2D eigenvalue weighted by Gasteiger charge is 2.14. The van der Waals surface area contributed by atoms with Gasteiger partial charge in [-0.15, -0.1) is 0 Å². The molecule has 0 fully saturated rings. The van der Waals surface area contributed by atoms with Crippen molar-refractivity contribution < 1.29 is 0 Å². The van der Waals surface area contributed by atoms with Gasteiger partial charge in [0.1, 0.15) is 0 Å². The molecule has 0 amide bonds. The van der Waals surface area contributed by atoms with Gasteiger partial charge in [0.2, 0.25) is 0 Å². The second-order valence-electron chi connectivity index (χ2n) is 7.92. The molecule has 0 saturated heterocycles. The molecular formula is C26H27ClN4S. The van der Waals surface area contributed by atoms with Crippen LogP contribution in [0.25, 0.3) is 10.9 Å². The van der Waals surface area contributed by atoms with Gasteiger partial charge in [0, 0.05) is 53.6 Å². The van der Waals surface area contributed by atoms with E-state index in [2.05, 4.69) is 57.4 Å². The zero-order valence-electron chi connectivity index (χ0n) is 18.1. The Morgan fingerprint density at radius 1 is 1.06 bits per heavy atom. The average Bonchev–Trinajstić information content (AvgIpc) is 3.12. The van der Waals surface area contributed by atoms with Crippen molar-refractivity contribution in [2.45, 2.75) is 26.3 Å². The lowest BCUT2D eigenvalue weighted by molar-refractivity contribution is 0.409. The largest absolute Gasteiger partial charge is 0.362 e. The zero-order chi connectivity index (χ0) is 22.3. The number of fused-ring (bicyclic) bond motifs is 1. The van der Waals surface area contributed by atoms with Crippen molar-refractivity contribution in [2.75, 3.05) is 13.1 Å². The molecule has 0 aliphatic carbocycles. The number of nitrogens with zero attached hydrogens (tertiary/aromatic N) is 2. The van der Waals surface area contributed by atoms with E-state index in [9.17, 15) is 0 Å². The van der Waals surface area contributed by atoms with E-state index in [1.807, 2.05) is 36.5 Å². The van der Waals surface area contributed by atoms with Crippen molar-refractivity contribution in [3.63, 3.8) is 0 Å². The summed E-state index contributed by atoms with van der Waals surface area (Å²) in [7, 11) is 0. The fourth-order valence-corrected chi connectivity index (χ4v) is 4.39. The van der Waals surface area contributed by atoms with Gasteiger partial charge in [-0.25, -0.2) is 0 Å². The molecule has 2 aromatic heterocycles. The summed E-state index contributed by atoms with van der Waals surface area (Å²) in [5.74, 6) is 0. The molecule has 0 aliphatic heterocycles. The zero-order valence-corrected chi connectivity index (χ0v) is 19.7. The van der Waals surface area contributed by atoms with Crippen LogP contribution in [-0.4, -0.2) is 33.1 Å². The molecule has 2 N–H and O–H groups in total. The molecule has 0 bridgehead atoms. The van der Waals surface area contributed by atoms with Crippen molar-refractivity contribution in [2.24, 2.45) is 0 Å². The molecule has 0 atom stereocenters. The fraction of sp³-hybridized carbons (Fsp3) is 0.231. The number of pyridine rings is 1. The first-order valence-electron chi connectivity index (χ1n) is 10.8. The van der Waals surface area contributed by atoms with Crippen molar-refractivity contribution in [1.82, 2.24) is 20.2 Å². The Labute approximate surface area is 199 Å². The molecule has 164 valence electrons. The van der Waals surface area contributed by atoms with Crippen LogP contribution in [0.5, 0.6) is 0 Å². The number of hydrogen-bond donors (Lipinski definition) is 2. The van der Waals surface area contributed by atoms with Crippen LogP contribution in [0.4, 0.5) is 0 Å². The third kappa shape index (κ3) is 5.67. The molecule has 2 heterocycles. The first-order chi connectivity index (χ1) is 15.6. The van der Waals surface area contributed by atoms with Crippen molar-refractivity contribution >= 4 is 39.8 Å². The van der Waals surface area contributed by atoms with Crippen LogP contribution < -0.4 is 5.32 Å². The van der Waals surface area contributed by atoms with Gasteiger partial charge in [0.25, 0.3) is 0 Å². The van der Waals surface area contributed by atoms with E-state index in [1.54, 1.807) is 6.20 Å². The van der Waals surface area contributed by atoms with E-state index in [0.29, 0.717) is 6.54 Å². The minimum Gasteiger partial charge on any atom is -0.362 e. The summed E-state index contributed by atoms with van der Waals surface area (Å²) in [5.41, 5.74) is 6.01. The molecule has 0 aliphatic rings. The number of thiocarbonyl (C=S) groups is 1. The maximum atomic E-state index is 6.27. The monoisotopic (exact) mass is 462 g/mol. The summed E-state index contributed by atoms with van der Waals surface area (Å²) in [6.07, 6.45) is 5.49. The highest BCUT2D eigenvalue weighted by atomic mass is 35.5. The van der Waals surface area contributed by atoms with E-state index in [-0.39, 0.29) is 0 Å². The molecule has 4 nitrogen and oxygen atoms in total. The smallest absolute Gasteiger partial charge is 0.169 e. The molecule has 0 unspecified atom stereocenters. The molecular weight excluding hydrogens is 436 g/mol. The molecule has 0 spiro atoms. The fourth-order valence-electron chi connectivity index (χ4n) is 3.96. The summed E-state index contributed by atoms with van der Waals surface area (Å²) in [6.45, 7) is 4.43. The van der Waals surface area contributed by atoms with Gasteiger partial charge in [-0.3, -0.25) is 4.98 Å². The number of nitrogens with one attached hydrogen (secondary N) is 2. The molecule has 0 saturated carbocycles. The van der Waals surface area contributed by atoms with Gasteiger partial charge in [-0.2, -0.15) is 0 Å². The average molecular weight is 463 g/mol. The van der Waals surface area contributed by atoms with Crippen LogP contribution in [0.1, 0.15) is 22.4 Å². The molecule has 4 rings (SSSR count). The number of benzene rings is 2. The lowest BCUT2D eigenvalue weighted by atomic mass is 10.1. The Morgan fingerprint density at radius 3 is 2.66 bits per heavy atom. The normalized spacial score (nSPS) is 10.9. The van der Waals surface area contributed by atoms with Gasteiger partial charge >= 0.3 is 0 Å². The van der Waals surface area contributed by atoms with Gasteiger partial charge in [-0.05, 0) is 72.9 Å². The van der Waals surface area contributed by atoms with Crippen LogP contribution in [0, 0.1) is 6.92 Å². The van der Waals surface area contributed by atoms with Crippen LogP contribution in [0.15, 0.2) is 73.1 Å². The van der Waals surface area contributed by atoms with Gasteiger partial charge < -0.3 is 15.2 Å². The number of aromatic amines is 1. The maximum Gasteiger partial charge on any atom is 0.169 e. The number of H-pyrrole nitrogens is 1. The third-order valence-corrected chi connectivity index (χ3v) is 6.27. The second kappa shape index (κ2) is 10.6. The standard InChI is InChI=1S/C26H27ClN4S/c1-19-23(24-16-22(27)9-10-25(24)30-19)12-15-31(18-21-8-5-13-28-17-21)26(32)29-14-11-20-6-3-2-4-7-20/h2-10,13,16-17,30H,11-12,14-15,18H2,1H3,(H,29,32).